The first kappa shape index (κ1) is 18.0. The molecule has 0 unspecified atom stereocenters. The van der Waals surface area contributed by atoms with Crippen LogP contribution in [0.4, 0.5) is 0 Å². The van der Waals surface area contributed by atoms with E-state index in [0.717, 1.165) is 19.6 Å². The molecule has 126 valence electrons. The SMILES string of the molecule is C(=C/[Te]c1ccccc1)/CN(Cc1ccccc1)Cc1ccccc1. The van der Waals surface area contributed by atoms with Crippen molar-refractivity contribution >= 4 is 24.5 Å². The van der Waals surface area contributed by atoms with Gasteiger partial charge in [0, 0.05) is 0 Å². The summed E-state index contributed by atoms with van der Waals surface area (Å²) < 4.78 is 3.89. The van der Waals surface area contributed by atoms with Crippen molar-refractivity contribution in [3.05, 3.63) is 112 Å². The molecular formula is C23H23NTe. The van der Waals surface area contributed by atoms with Gasteiger partial charge in [-0.2, -0.15) is 0 Å². The average Bonchev–Trinajstić information content (AvgIpc) is 2.67. The second-order valence-electron chi connectivity index (χ2n) is 5.94. The van der Waals surface area contributed by atoms with Crippen molar-refractivity contribution in [2.45, 2.75) is 13.1 Å². The molecule has 0 aliphatic heterocycles. The summed E-state index contributed by atoms with van der Waals surface area (Å²) in [6.45, 7) is 2.94. The summed E-state index contributed by atoms with van der Waals surface area (Å²) in [5.41, 5.74) is 2.73. The molecule has 0 heterocycles. The summed E-state index contributed by atoms with van der Waals surface area (Å²) in [6.07, 6.45) is 2.35. The van der Waals surface area contributed by atoms with Crippen LogP contribution in [-0.2, 0) is 13.1 Å². The number of rotatable bonds is 8. The average molecular weight is 441 g/mol. The predicted molar refractivity (Wildman–Crippen MR) is 108 cm³/mol. The molecule has 0 fully saturated rings. The molecule has 0 N–H and O–H groups in total. The van der Waals surface area contributed by atoms with Crippen LogP contribution >= 0.6 is 0 Å². The van der Waals surface area contributed by atoms with E-state index in [9.17, 15) is 0 Å². The number of hydrogen-bond donors (Lipinski definition) is 0. The molecule has 0 saturated carbocycles. The van der Waals surface area contributed by atoms with E-state index in [-0.39, 0.29) is 20.9 Å². The molecule has 0 aliphatic carbocycles. The third-order valence-electron chi connectivity index (χ3n) is 3.91. The van der Waals surface area contributed by atoms with E-state index < -0.39 is 0 Å². The second kappa shape index (κ2) is 10.2. The molecule has 0 aliphatic rings. The van der Waals surface area contributed by atoms with E-state index in [2.05, 4.69) is 106 Å². The van der Waals surface area contributed by atoms with Gasteiger partial charge in [-0.3, -0.25) is 0 Å². The Morgan fingerprint density at radius 1 is 0.640 bits per heavy atom. The summed E-state index contributed by atoms with van der Waals surface area (Å²) in [4.78, 5) is 2.50. The Kier molecular flexibility index (Phi) is 7.33. The maximum atomic E-state index is 2.50. The van der Waals surface area contributed by atoms with E-state index in [1.165, 1.54) is 14.7 Å². The van der Waals surface area contributed by atoms with Gasteiger partial charge in [-0.05, 0) is 0 Å². The van der Waals surface area contributed by atoms with Gasteiger partial charge in [0.2, 0.25) is 0 Å². The second-order valence-corrected chi connectivity index (χ2v) is 8.74. The van der Waals surface area contributed by atoms with E-state index in [0.29, 0.717) is 0 Å². The molecule has 1 nitrogen and oxygen atoms in total. The molecule has 0 saturated heterocycles. The van der Waals surface area contributed by atoms with E-state index >= 15 is 0 Å². The van der Waals surface area contributed by atoms with Gasteiger partial charge in [0.15, 0.2) is 0 Å². The van der Waals surface area contributed by atoms with Crippen molar-refractivity contribution in [2.75, 3.05) is 6.54 Å². The Labute approximate surface area is 161 Å². The molecule has 0 spiro atoms. The van der Waals surface area contributed by atoms with Gasteiger partial charge in [-0.1, -0.05) is 0 Å². The molecular weight excluding hydrogens is 418 g/mol. The Morgan fingerprint density at radius 3 is 1.64 bits per heavy atom. The zero-order chi connectivity index (χ0) is 17.2. The topological polar surface area (TPSA) is 3.24 Å². The minimum absolute atomic E-state index is 0.220. The van der Waals surface area contributed by atoms with Gasteiger partial charge in [0.25, 0.3) is 0 Å². The molecule has 0 aromatic heterocycles. The van der Waals surface area contributed by atoms with Crippen LogP contribution in [0.3, 0.4) is 0 Å². The Bertz CT molecular complexity index is 712. The standard InChI is InChI=1S/C23H23NTe/c1-4-11-21(12-5-1)19-24(20-22-13-6-2-7-14-22)17-10-18-25-23-15-8-3-9-16-23/h1-16,18H,17,19-20H2/b18-10-. The molecule has 0 amide bonds. The number of hydrogen-bond acceptors (Lipinski definition) is 1. The van der Waals surface area contributed by atoms with Gasteiger partial charge >= 0.3 is 161 Å². The summed E-state index contributed by atoms with van der Waals surface area (Å²) in [5.74, 6) is 0. The molecule has 0 radical (unpaired) electrons. The van der Waals surface area contributed by atoms with Crippen molar-refractivity contribution in [1.82, 2.24) is 4.90 Å². The Morgan fingerprint density at radius 2 is 1.12 bits per heavy atom. The monoisotopic (exact) mass is 443 g/mol. The van der Waals surface area contributed by atoms with Gasteiger partial charge in [0.05, 0.1) is 0 Å². The zero-order valence-electron chi connectivity index (χ0n) is 14.3. The number of benzene rings is 3. The summed E-state index contributed by atoms with van der Waals surface area (Å²) in [6, 6.07) is 32.3. The first-order valence-electron chi connectivity index (χ1n) is 8.57. The van der Waals surface area contributed by atoms with Crippen LogP contribution in [0.25, 0.3) is 0 Å². The van der Waals surface area contributed by atoms with Gasteiger partial charge < -0.3 is 0 Å². The third-order valence-corrected chi connectivity index (χ3v) is 6.40. The first-order chi connectivity index (χ1) is 12.4. The molecule has 2 heteroatoms. The Balaban J connectivity index is 1.61. The van der Waals surface area contributed by atoms with Crippen LogP contribution in [0.2, 0.25) is 0 Å². The fraction of sp³-hybridized carbons (Fsp3) is 0.130. The van der Waals surface area contributed by atoms with Crippen LogP contribution in [0.5, 0.6) is 0 Å². The summed E-state index contributed by atoms with van der Waals surface area (Å²) in [5, 5.41) is 0. The van der Waals surface area contributed by atoms with Crippen LogP contribution in [-0.4, -0.2) is 32.4 Å². The first-order valence-corrected chi connectivity index (χ1v) is 11.1. The normalized spacial score (nSPS) is 11.2. The molecule has 25 heavy (non-hydrogen) atoms. The minimum atomic E-state index is -0.220. The van der Waals surface area contributed by atoms with Crippen molar-refractivity contribution in [2.24, 2.45) is 0 Å². The van der Waals surface area contributed by atoms with E-state index in [1.807, 2.05) is 0 Å². The number of nitrogens with zero attached hydrogens (tertiary/aromatic N) is 1. The summed E-state index contributed by atoms with van der Waals surface area (Å²) >= 11 is -0.220. The molecule has 3 aromatic rings. The molecule has 3 aromatic carbocycles. The molecule has 0 atom stereocenters. The van der Waals surface area contributed by atoms with Gasteiger partial charge in [0.1, 0.15) is 0 Å². The zero-order valence-corrected chi connectivity index (χ0v) is 16.6. The van der Waals surface area contributed by atoms with Gasteiger partial charge in [-0.25, -0.2) is 0 Å². The maximum absolute atomic E-state index is 2.50. The van der Waals surface area contributed by atoms with Crippen molar-refractivity contribution in [3.63, 3.8) is 0 Å². The van der Waals surface area contributed by atoms with Gasteiger partial charge in [-0.15, -0.1) is 0 Å². The molecule has 3 rings (SSSR count). The Hall–Kier alpha value is -1.85. The van der Waals surface area contributed by atoms with Crippen LogP contribution in [0.1, 0.15) is 11.1 Å². The molecule has 0 bridgehead atoms. The van der Waals surface area contributed by atoms with E-state index in [1.54, 1.807) is 0 Å². The van der Waals surface area contributed by atoms with Crippen LogP contribution in [0, 0.1) is 0 Å². The van der Waals surface area contributed by atoms with E-state index in [4.69, 9.17) is 0 Å². The van der Waals surface area contributed by atoms with Crippen LogP contribution in [0.15, 0.2) is 101 Å². The predicted octanol–water partition coefficient (Wildman–Crippen LogP) is 4.23. The summed E-state index contributed by atoms with van der Waals surface area (Å²) in [7, 11) is 0. The third kappa shape index (κ3) is 6.52. The van der Waals surface area contributed by atoms with Crippen LogP contribution < -0.4 is 3.61 Å². The van der Waals surface area contributed by atoms with Crippen molar-refractivity contribution in [3.8, 4) is 0 Å². The van der Waals surface area contributed by atoms with Crippen molar-refractivity contribution < 1.29 is 0 Å². The fourth-order valence-corrected chi connectivity index (χ4v) is 4.55. The quantitative estimate of drug-likeness (QED) is 0.474. The fourth-order valence-electron chi connectivity index (χ4n) is 2.69. The van der Waals surface area contributed by atoms with Crippen molar-refractivity contribution in [1.29, 1.82) is 0 Å².